The van der Waals surface area contributed by atoms with Crippen LogP contribution in [0.1, 0.15) is 12.0 Å². The zero-order valence-corrected chi connectivity index (χ0v) is 22.2. The summed E-state index contributed by atoms with van der Waals surface area (Å²) in [6.45, 7) is -0.346. The molecule has 2 aromatic carbocycles. The summed E-state index contributed by atoms with van der Waals surface area (Å²) in [5.41, 5.74) is 0.255. The number of nitrogens with one attached hydrogen (secondary N) is 2. The fraction of sp³-hybridized carbons (Fsp3) is 0.444. The smallest absolute Gasteiger partial charge is 0.250 e. The molecule has 3 unspecified atom stereocenters. The number of amides is 3. The molecule has 3 saturated heterocycles. The number of halogens is 1. The molecule has 196 valence electrons. The van der Waals surface area contributed by atoms with Gasteiger partial charge in [-0.2, -0.15) is 0 Å². The van der Waals surface area contributed by atoms with Gasteiger partial charge >= 0.3 is 0 Å². The van der Waals surface area contributed by atoms with Crippen LogP contribution in [-0.2, 0) is 25.5 Å². The number of carbonyl (C=O) groups is 3. The largest absolute Gasteiger partial charge is 0.497 e. The minimum absolute atomic E-state index is 0.197. The molecule has 0 saturated carbocycles. The number of hydrogen-bond acceptors (Lipinski definition) is 6. The highest BCUT2D eigenvalue weighted by Crippen LogP contribution is 2.60. The topological polar surface area (TPSA) is 117 Å². The van der Waals surface area contributed by atoms with E-state index in [1.165, 1.54) is 11.9 Å². The van der Waals surface area contributed by atoms with E-state index in [2.05, 4.69) is 26.6 Å². The molecular weight excluding hydrogens is 542 g/mol. The summed E-state index contributed by atoms with van der Waals surface area (Å²) < 4.78 is 11.7. The van der Waals surface area contributed by atoms with Crippen LogP contribution in [0.3, 0.4) is 0 Å². The van der Waals surface area contributed by atoms with E-state index in [4.69, 9.17) is 9.47 Å². The number of hydrogen-bond donors (Lipinski definition) is 3. The van der Waals surface area contributed by atoms with E-state index in [1.807, 2.05) is 30.3 Å². The van der Waals surface area contributed by atoms with Gasteiger partial charge < -0.3 is 30.1 Å². The molecular formula is C27H30BrN3O6. The van der Waals surface area contributed by atoms with Crippen LogP contribution < -0.4 is 15.4 Å². The van der Waals surface area contributed by atoms with Crippen molar-refractivity contribution < 1.29 is 29.0 Å². The zero-order chi connectivity index (χ0) is 26.3. The van der Waals surface area contributed by atoms with Gasteiger partial charge in [0.1, 0.15) is 17.4 Å². The summed E-state index contributed by atoms with van der Waals surface area (Å²) >= 11 is 3.64. The van der Waals surface area contributed by atoms with Gasteiger partial charge in [-0.3, -0.25) is 14.4 Å². The van der Waals surface area contributed by atoms with Crippen molar-refractivity contribution in [2.24, 2.45) is 11.8 Å². The van der Waals surface area contributed by atoms with Crippen molar-refractivity contribution in [1.82, 2.24) is 10.2 Å². The second-order valence-electron chi connectivity index (χ2n) is 9.77. The first-order valence-electron chi connectivity index (χ1n) is 12.3. The van der Waals surface area contributed by atoms with Crippen molar-refractivity contribution in [3.05, 3.63) is 60.2 Å². The molecule has 5 rings (SSSR count). The first-order valence-corrected chi connectivity index (χ1v) is 13.2. The zero-order valence-electron chi connectivity index (χ0n) is 20.6. The lowest BCUT2D eigenvalue weighted by molar-refractivity contribution is -0.143. The predicted octanol–water partition coefficient (Wildman–Crippen LogP) is 1.73. The molecule has 2 bridgehead atoms. The standard InChI is InChI=1S/C27H30BrN3O6/c1-29-24(33)20-21-26(35)31(17(14-32)12-15-6-4-3-5-7-15)23(27(21)13-19(28)22(20)37-27)25(34)30-16-8-10-18(36-2)11-9-16/h3-11,17,19-23,32H,12-14H2,1-2H3,(H,29,33)(H,30,34)/t17-,19?,20+,21+,22+,23?,27?/m1/s1. The number of nitrogens with zero attached hydrogens (tertiary/aromatic N) is 1. The number of methoxy groups -OCH3 is 1. The highest BCUT2D eigenvalue weighted by Gasteiger charge is 2.77. The van der Waals surface area contributed by atoms with Crippen LogP contribution in [0, 0.1) is 11.8 Å². The van der Waals surface area contributed by atoms with E-state index in [0.29, 0.717) is 24.3 Å². The van der Waals surface area contributed by atoms with Gasteiger partial charge in [-0.15, -0.1) is 0 Å². The van der Waals surface area contributed by atoms with E-state index in [9.17, 15) is 19.5 Å². The Morgan fingerprint density at radius 2 is 1.89 bits per heavy atom. The Kier molecular flexibility index (Phi) is 6.99. The number of likely N-dealkylation sites (tertiary alicyclic amines) is 1. The van der Waals surface area contributed by atoms with Crippen LogP contribution in [0.15, 0.2) is 54.6 Å². The number of aliphatic hydroxyl groups is 1. The molecule has 0 radical (unpaired) electrons. The van der Waals surface area contributed by atoms with Gasteiger partial charge in [-0.25, -0.2) is 0 Å². The third-order valence-corrected chi connectivity index (χ3v) is 8.65. The molecule has 2 aromatic rings. The second-order valence-corrected chi connectivity index (χ2v) is 10.9. The van der Waals surface area contributed by atoms with Gasteiger partial charge in [-0.05, 0) is 42.7 Å². The van der Waals surface area contributed by atoms with Crippen molar-refractivity contribution in [2.75, 3.05) is 26.1 Å². The molecule has 3 N–H and O–H groups in total. The Morgan fingerprint density at radius 1 is 1.19 bits per heavy atom. The van der Waals surface area contributed by atoms with Crippen LogP contribution >= 0.6 is 15.9 Å². The summed E-state index contributed by atoms with van der Waals surface area (Å²) in [5, 5.41) is 16.0. The minimum atomic E-state index is -1.20. The predicted molar refractivity (Wildman–Crippen MR) is 139 cm³/mol. The first-order chi connectivity index (χ1) is 17.8. The normalized spacial score (nSPS) is 30.6. The van der Waals surface area contributed by atoms with Crippen molar-refractivity contribution in [3.63, 3.8) is 0 Å². The quantitative estimate of drug-likeness (QED) is 0.415. The number of benzene rings is 2. The molecule has 7 atom stereocenters. The first kappa shape index (κ1) is 25.7. The van der Waals surface area contributed by atoms with Gasteiger partial charge in [0.25, 0.3) is 0 Å². The summed E-state index contributed by atoms with van der Waals surface area (Å²) in [6, 6.07) is 14.7. The van der Waals surface area contributed by atoms with Crippen LogP contribution in [0.25, 0.3) is 0 Å². The molecule has 37 heavy (non-hydrogen) atoms. The lowest BCUT2D eigenvalue weighted by atomic mass is 9.70. The number of carbonyl (C=O) groups excluding carboxylic acids is 3. The van der Waals surface area contributed by atoms with E-state index >= 15 is 0 Å². The lowest BCUT2D eigenvalue weighted by Gasteiger charge is -2.37. The molecule has 0 aromatic heterocycles. The van der Waals surface area contributed by atoms with Gasteiger partial charge in [0.05, 0.1) is 37.7 Å². The summed E-state index contributed by atoms with van der Waals surface area (Å²) in [7, 11) is 3.09. The molecule has 3 heterocycles. The number of fused-ring (bicyclic) bond motifs is 1. The van der Waals surface area contributed by atoms with Crippen molar-refractivity contribution in [2.45, 2.75) is 41.5 Å². The highest BCUT2D eigenvalue weighted by atomic mass is 79.9. The van der Waals surface area contributed by atoms with E-state index in [1.54, 1.807) is 31.4 Å². The average molecular weight is 572 g/mol. The second kappa shape index (κ2) is 10.1. The molecule has 1 spiro atoms. The summed E-state index contributed by atoms with van der Waals surface area (Å²) in [5.74, 6) is -2.00. The van der Waals surface area contributed by atoms with Crippen LogP contribution in [0.5, 0.6) is 5.75 Å². The lowest BCUT2D eigenvalue weighted by Crippen LogP contribution is -2.57. The molecule has 3 amide bonds. The van der Waals surface area contributed by atoms with Crippen LogP contribution in [0.4, 0.5) is 5.69 Å². The third kappa shape index (κ3) is 4.20. The Labute approximate surface area is 223 Å². The molecule has 10 heteroatoms. The van der Waals surface area contributed by atoms with E-state index in [-0.39, 0.29) is 23.2 Å². The molecule has 9 nitrogen and oxygen atoms in total. The van der Waals surface area contributed by atoms with Gasteiger partial charge in [0.2, 0.25) is 17.7 Å². The van der Waals surface area contributed by atoms with E-state index < -0.39 is 41.5 Å². The van der Waals surface area contributed by atoms with Gasteiger partial charge in [-0.1, -0.05) is 46.3 Å². The Morgan fingerprint density at radius 3 is 2.51 bits per heavy atom. The molecule has 3 fully saturated rings. The summed E-state index contributed by atoms with van der Waals surface area (Å²) in [4.78, 5) is 42.3. The van der Waals surface area contributed by atoms with Crippen molar-refractivity contribution in [1.29, 1.82) is 0 Å². The maximum atomic E-state index is 14.1. The Bertz CT molecular complexity index is 1180. The molecule has 0 aliphatic carbocycles. The number of rotatable bonds is 8. The maximum absolute atomic E-state index is 14.1. The summed E-state index contributed by atoms with van der Waals surface area (Å²) in [6.07, 6.45) is 0.209. The van der Waals surface area contributed by atoms with Gasteiger partial charge in [0.15, 0.2) is 0 Å². The fourth-order valence-corrected chi connectivity index (χ4v) is 7.19. The SMILES string of the molecule is CNC(=O)[C@H]1[C@H]2C(=O)N([C@@H](CO)Cc3ccccc3)C(C(=O)Nc3ccc(OC)cc3)C23CC(Br)[C@@H]1O3. The van der Waals surface area contributed by atoms with Crippen molar-refractivity contribution >= 4 is 39.3 Å². The van der Waals surface area contributed by atoms with Gasteiger partial charge in [0, 0.05) is 17.6 Å². The number of alkyl halides is 1. The van der Waals surface area contributed by atoms with Crippen molar-refractivity contribution in [3.8, 4) is 5.75 Å². The number of ether oxygens (including phenoxy) is 2. The fourth-order valence-electron chi connectivity index (χ4n) is 6.25. The molecule has 3 aliphatic rings. The Hall–Kier alpha value is -2.95. The van der Waals surface area contributed by atoms with Crippen LogP contribution in [-0.4, -0.2) is 77.1 Å². The minimum Gasteiger partial charge on any atom is -0.497 e. The molecule has 3 aliphatic heterocycles. The monoisotopic (exact) mass is 571 g/mol. The maximum Gasteiger partial charge on any atom is 0.250 e. The van der Waals surface area contributed by atoms with E-state index in [0.717, 1.165) is 5.56 Å². The third-order valence-electron chi connectivity index (χ3n) is 7.80. The number of anilines is 1. The average Bonchev–Trinajstić information content (AvgIpc) is 3.51. The number of aliphatic hydroxyl groups excluding tert-OH is 1. The van der Waals surface area contributed by atoms with Crippen LogP contribution in [0.2, 0.25) is 0 Å². The highest BCUT2D eigenvalue weighted by molar-refractivity contribution is 9.09. The Balaban J connectivity index is 1.55.